The first-order chi connectivity index (χ1) is 15.2. The SMILES string of the molecule is CN=C(NCCc1c[nH]c2ccc(F)cc12)NCCN1CCN(c2ncccn2)CC1. The molecule has 0 radical (unpaired) electrons. The van der Waals surface area contributed by atoms with Crippen LogP contribution in [-0.2, 0) is 6.42 Å². The monoisotopic (exact) mass is 424 g/mol. The van der Waals surface area contributed by atoms with Crippen LogP contribution in [0.1, 0.15) is 5.56 Å². The number of H-pyrrole nitrogens is 1. The standard InChI is InChI=1S/C22H29FN8/c1-24-21(25-8-5-17-16-29-20-4-3-18(23)15-19(17)20)26-9-10-30-11-13-31(14-12-30)22-27-6-2-7-28-22/h2-4,6-7,15-16,29H,5,8-14H2,1H3,(H2,24,25,26). The summed E-state index contributed by atoms with van der Waals surface area (Å²) in [5.41, 5.74) is 2.05. The van der Waals surface area contributed by atoms with Gasteiger partial charge in [0.1, 0.15) is 5.82 Å². The second-order valence-corrected chi connectivity index (χ2v) is 7.56. The summed E-state index contributed by atoms with van der Waals surface area (Å²) in [7, 11) is 1.77. The van der Waals surface area contributed by atoms with Crippen LogP contribution in [0.2, 0.25) is 0 Å². The molecule has 0 saturated carbocycles. The molecule has 3 heterocycles. The van der Waals surface area contributed by atoms with Crippen molar-refractivity contribution in [3.05, 3.63) is 54.2 Å². The number of hydrogen-bond acceptors (Lipinski definition) is 5. The normalized spacial score (nSPS) is 15.4. The van der Waals surface area contributed by atoms with Crippen molar-refractivity contribution >= 4 is 22.8 Å². The Balaban J connectivity index is 1.16. The Morgan fingerprint density at radius 2 is 1.90 bits per heavy atom. The Morgan fingerprint density at radius 3 is 2.68 bits per heavy atom. The number of aliphatic imine (C=N–C) groups is 1. The van der Waals surface area contributed by atoms with E-state index in [9.17, 15) is 4.39 Å². The molecule has 1 aliphatic rings. The minimum atomic E-state index is -0.212. The van der Waals surface area contributed by atoms with Gasteiger partial charge in [-0.3, -0.25) is 9.89 Å². The van der Waals surface area contributed by atoms with Gasteiger partial charge in [0.2, 0.25) is 5.95 Å². The first-order valence-electron chi connectivity index (χ1n) is 10.7. The van der Waals surface area contributed by atoms with E-state index in [2.05, 4.69) is 40.4 Å². The average Bonchev–Trinajstić information content (AvgIpc) is 3.21. The molecule has 1 aromatic carbocycles. The van der Waals surface area contributed by atoms with Crippen molar-refractivity contribution in [2.45, 2.75) is 6.42 Å². The van der Waals surface area contributed by atoms with E-state index >= 15 is 0 Å². The maximum atomic E-state index is 13.5. The van der Waals surface area contributed by atoms with Crippen LogP contribution in [0.3, 0.4) is 0 Å². The Labute approximate surface area is 181 Å². The van der Waals surface area contributed by atoms with Gasteiger partial charge in [0.25, 0.3) is 0 Å². The highest BCUT2D eigenvalue weighted by atomic mass is 19.1. The van der Waals surface area contributed by atoms with Crippen molar-refractivity contribution in [2.24, 2.45) is 4.99 Å². The zero-order chi connectivity index (χ0) is 21.5. The zero-order valence-electron chi connectivity index (χ0n) is 17.8. The molecule has 31 heavy (non-hydrogen) atoms. The Hall–Kier alpha value is -3.20. The highest BCUT2D eigenvalue weighted by Gasteiger charge is 2.18. The molecule has 1 saturated heterocycles. The molecule has 0 unspecified atom stereocenters. The number of guanidine groups is 1. The maximum Gasteiger partial charge on any atom is 0.225 e. The molecule has 1 aliphatic heterocycles. The van der Waals surface area contributed by atoms with Crippen molar-refractivity contribution in [3.63, 3.8) is 0 Å². The predicted molar refractivity (Wildman–Crippen MR) is 122 cm³/mol. The van der Waals surface area contributed by atoms with Gasteiger partial charge in [0, 0.05) is 82.4 Å². The Bertz CT molecular complexity index is 995. The minimum Gasteiger partial charge on any atom is -0.361 e. The molecule has 0 spiro atoms. The maximum absolute atomic E-state index is 13.5. The number of piperazine rings is 1. The molecular formula is C22H29FN8. The smallest absolute Gasteiger partial charge is 0.225 e. The summed E-state index contributed by atoms with van der Waals surface area (Å²) < 4.78 is 13.5. The number of aromatic amines is 1. The number of fused-ring (bicyclic) bond motifs is 1. The summed E-state index contributed by atoms with van der Waals surface area (Å²) in [6.07, 6.45) is 6.30. The minimum absolute atomic E-state index is 0.212. The molecule has 3 N–H and O–H groups in total. The molecule has 0 bridgehead atoms. The Morgan fingerprint density at radius 1 is 1.13 bits per heavy atom. The van der Waals surface area contributed by atoms with Crippen molar-refractivity contribution < 1.29 is 4.39 Å². The highest BCUT2D eigenvalue weighted by molar-refractivity contribution is 5.83. The largest absolute Gasteiger partial charge is 0.361 e. The quantitative estimate of drug-likeness (QED) is 0.395. The van der Waals surface area contributed by atoms with Crippen LogP contribution in [0.4, 0.5) is 10.3 Å². The van der Waals surface area contributed by atoms with E-state index in [0.717, 1.165) is 80.6 Å². The number of hydrogen-bond donors (Lipinski definition) is 3. The van der Waals surface area contributed by atoms with Crippen LogP contribution < -0.4 is 15.5 Å². The van der Waals surface area contributed by atoms with Gasteiger partial charge in [-0.25, -0.2) is 14.4 Å². The summed E-state index contributed by atoms with van der Waals surface area (Å²) in [5.74, 6) is 1.38. The zero-order valence-corrected chi connectivity index (χ0v) is 17.8. The first kappa shape index (κ1) is 21.0. The molecular weight excluding hydrogens is 395 g/mol. The molecule has 1 fully saturated rings. The number of halogens is 1. The second kappa shape index (κ2) is 10.2. The van der Waals surface area contributed by atoms with Gasteiger partial charge in [-0.05, 0) is 36.2 Å². The Kier molecular flexibility index (Phi) is 6.93. The predicted octanol–water partition coefficient (Wildman–Crippen LogP) is 1.63. The molecule has 0 atom stereocenters. The lowest BCUT2D eigenvalue weighted by atomic mass is 10.1. The number of nitrogens with one attached hydrogen (secondary N) is 3. The van der Waals surface area contributed by atoms with Gasteiger partial charge in [0.15, 0.2) is 5.96 Å². The fraction of sp³-hybridized carbons (Fsp3) is 0.409. The van der Waals surface area contributed by atoms with Gasteiger partial charge in [-0.15, -0.1) is 0 Å². The van der Waals surface area contributed by atoms with Crippen LogP contribution in [-0.4, -0.2) is 78.7 Å². The summed E-state index contributed by atoms with van der Waals surface area (Å²) in [6, 6.07) is 6.67. The molecule has 164 valence electrons. The molecule has 8 nitrogen and oxygen atoms in total. The number of anilines is 1. The average molecular weight is 425 g/mol. The summed E-state index contributed by atoms with van der Waals surface area (Å²) in [4.78, 5) is 20.8. The molecule has 3 aromatic rings. The van der Waals surface area contributed by atoms with E-state index in [1.165, 1.54) is 6.07 Å². The second-order valence-electron chi connectivity index (χ2n) is 7.56. The fourth-order valence-electron chi connectivity index (χ4n) is 3.85. The third-order valence-corrected chi connectivity index (χ3v) is 5.57. The van der Waals surface area contributed by atoms with E-state index < -0.39 is 0 Å². The van der Waals surface area contributed by atoms with Crippen molar-refractivity contribution in [1.82, 2.24) is 30.5 Å². The summed E-state index contributed by atoms with van der Waals surface area (Å²) >= 11 is 0. The lowest BCUT2D eigenvalue weighted by molar-refractivity contribution is 0.260. The van der Waals surface area contributed by atoms with Crippen LogP contribution in [0.15, 0.2) is 47.8 Å². The lowest BCUT2D eigenvalue weighted by Crippen LogP contribution is -2.49. The third-order valence-electron chi connectivity index (χ3n) is 5.57. The highest BCUT2D eigenvalue weighted by Crippen LogP contribution is 2.19. The summed E-state index contributed by atoms with van der Waals surface area (Å²) in [5, 5.41) is 7.65. The van der Waals surface area contributed by atoms with Crippen LogP contribution in [0, 0.1) is 5.82 Å². The number of benzene rings is 1. The lowest BCUT2D eigenvalue weighted by Gasteiger charge is -2.34. The van der Waals surface area contributed by atoms with Gasteiger partial charge in [0.05, 0.1) is 0 Å². The van der Waals surface area contributed by atoms with Crippen molar-refractivity contribution in [3.8, 4) is 0 Å². The fourth-order valence-corrected chi connectivity index (χ4v) is 3.85. The van der Waals surface area contributed by atoms with E-state index in [0.29, 0.717) is 0 Å². The number of aromatic nitrogens is 3. The number of rotatable bonds is 7. The van der Waals surface area contributed by atoms with Gasteiger partial charge < -0.3 is 20.5 Å². The van der Waals surface area contributed by atoms with Crippen LogP contribution >= 0.6 is 0 Å². The topological polar surface area (TPSA) is 84.5 Å². The molecule has 9 heteroatoms. The van der Waals surface area contributed by atoms with Crippen molar-refractivity contribution in [1.29, 1.82) is 0 Å². The van der Waals surface area contributed by atoms with Crippen molar-refractivity contribution in [2.75, 3.05) is 57.8 Å². The van der Waals surface area contributed by atoms with Gasteiger partial charge in [-0.2, -0.15) is 0 Å². The third kappa shape index (κ3) is 5.49. The molecule has 0 amide bonds. The van der Waals surface area contributed by atoms with Gasteiger partial charge >= 0.3 is 0 Å². The van der Waals surface area contributed by atoms with Crippen LogP contribution in [0.5, 0.6) is 0 Å². The molecule has 2 aromatic heterocycles. The number of nitrogens with zero attached hydrogens (tertiary/aromatic N) is 5. The molecule has 0 aliphatic carbocycles. The van der Waals surface area contributed by atoms with E-state index in [4.69, 9.17) is 0 Å². The summed E-state index contributed by atoms with van der Waals surface area (Å²) in [6.45, 7) is 6.33. The van der Waals surface area contributed by atoms with E-state index in [1.54, 1.807) is 31.6 Å². The van der Waals surface area contributed by atoms with Crippen LogP contribution in [0.25, 0.3) is 10.9 Å². The van der Waals surface area contributed by atoms with E-state index in [-0.39, 0.29) is 5.82 Å². The van der Waals surface area contributed by atoms with Gasteiger partial charge in [-0.1, -0.05) is 0 Å². The molecule has 4 rings (SSSR count). The van der Waals surface area contributed by atoms with E-state index in [1.807, 2.05) is 12.3 Å². The first-order valence-corrected chi connectivity index (χ1v) is 10.7.